The molecule has 174 valence electrons. The second-order valence-corrected chi connectivity index (χ2v) is 8.90. The fraction of sp³-hybridized carbons (Fsp3) is 0.280. The number of carbonyl (C=O) groups excluding carboxylic acids is 1. The molecule has 0 saturated carbocycles. The number of likely N-dealkylation sites (tertiary alicyclic amines) is 1. The molecule has 4 aromatic rings. The number of piperidine rings is 1. The van der Waals surface area contributed by atoms with Crippen LogP contribution in [0.1, 0.15) is 30.1 Å². The topological polar surface area (TPSA) is 84.2 Å². The summed E-state index contributed by atoms with van der Waals surface area (Å²) < 4.78 is 19.9. The summed E-state index contributed by atoms with van der Waals surface area (Å²) in [5.41, 5.74) is 2.06. The fourth-order valence-electron chi connectivity index (χ4n) is 4.46. The first-order valence-corrected chi connectivity index (χ1v) is 11.6. The van der Waals surface area contributed by atoms with Crippen molar-refractivity contribution in [2.45, 2.75) is 25.8 Å². The van der Waals surface area contributed by atoms with Crippen molar-refractivity contribution >= 4 is 34.6 Å². The van der Waals surface area contributed by atoms with Crippen molar-refractivity contribution < 1.29 is 13.6 Å². The van der Waals surface area contributed by atoms with Gasteiger partial charge in [0.05, 0.1) is 11.6 Å². The molecule has 2 aromatic carbocycles. The van der Waals surface area contributed by atoms with E-state index in [1.165, 1.54) is 18.2 Å². The highest BCUT2D eigenvalue weighted by atomic mass is 35.5. The third-order valence-corrected chi connectivity index (χ3v) is 6.44. The molecule has 0 bridgehead atoms. The number of amides is 1. The first kappa shape index (κ1) is 22.3. The van der Waals surface area contributed by atoms with Gasteiger partial charge in [0.15, 0.2) is 11.4 Å². The van der Waals surface area contributed by atoms with Crippen molar-refractivity contribution in [2.24, 2.45) is 5.92 Å². The molecule has 3 heterocycles. The number of rotatable bonds is 5. The Morgan fingerprint density at radius 3 is 2.88 bits per heavy atom. The molecule has 0 radical (unpaired) electrons. The number of hydrogen-bond donors (Lipinski definition) is 1. The van der Waals surface area contributed by atoms with Crippen LogP contribution in [0.15, 0.2) is 59.3 Å². The van der Waals surface area contributed by atoms with Crippen LogP contribution in [0.5, 0.6) is 0 Å². The molecule has 5 rings (SSSR count). The Balaban J connectivity index is 1.41. The van der Waals surface area contributed by atoms with E-state index in [1.54, 1.807) is 36.7 Å². The molecule has 1 fully saturated rings. The number of oxazole rings is 1. The third kappa shape index (κ3) is 4.46. The molecular formula is C25H23ClFN5O2. The van der Waals surface area contributed by atoms with E-state index in [2.05, 4.69) is 27.2 Å². The van der Waals surface area contributed by atoms with Gasteiger partial charge in [-0.2, -0.15) is 4.98 Å². The number of carbonyl (C=O) groups is 1. The van der Waals surface area contributed by atoms with Crippen molar-refractivity contribution in [3.8, 4) is 11.4 Å². The van der Waals surface area contributed by atoms with Gasteiger partial charge in [-0.15, -0.1) is 0 Å². The minimum atomic E-state index is -0.444. The molecule has 0 aliphatic carbocycles. The maximum atomic E-state index is 14.1. The van der Waals surface area contributed by atoms with Gasteiger partial charge in [-0.3, -0.25) is 4.79 Å². The minimum absolute atomic E-state index is 0.102. The number of halogens is 2. The lowest BCUT2D eigenvalue weighted by molar-refractivity contribution is 0.0540. The highest BCUT2D eigenvalue weighted by molar-refractivity contribution is 6.31. The monoisotopic (exact) mass is 479 g/mol. The molecule has 34 heavy (non-hydrogen) atoms. The summed E-state index contributed by atoms with van der Waals surface area (Å²) in [6.07, 6.45) is 5.04. The van der Waals surface area contributed by atoms with Crippen LogP contribution in [0.4, 0.5) is 10.4 Å². The third-order valence-electron chi connectivity index (χ3n) is 6.21. The molecule has 1 amide bonds. The summed E-state index contributed by atoms with van der Waals surface area (Å²) >= 11 is 6.05. The van der Waals surface area contributed by atoms with E-state index in [0.29, 0.717) is 52.2 Å². The van der Waals surface area contributed by atoms with E-state index in [0.717, 1.165) is 12.8 Å². The first-order valence-electron chi connectivity index (χ1n) is 11.2. The molecule has 1 saturated heterocycles. The summed E-state index contributed by atoms with van der Waals surface area (Å²) in [6.45, 7) is 3.19. The zero-order chi connectivity index (χ0) is 23.7. The van der Waals surface area contributed by atoms with Gasteiger partial charge in [-0.1, -0.05) is 18.5 Å². The Bertz CT molecular complexity index is 1330. The lowest BCUT2D eigenvalue weighted by Gasteiger charge is -2.40. The number of fused-ring (bicyclic) bond motifs is 1. The predicted octanol–water partition coefficient (Wildman–Crippen LogP) is 5.43. The molecule has 9 heteroatoms. The minimum Gasteiger partial charge on any atom is -0.424 e. The SMILES string of the molecule is C[C@@H]1CCCN(C(=O)c2ccc(F)cc2-c2ncccn2)[C@@H]1CNc1nc2cc(Cl)ccc2o1. The number of aromatic nitrogens is 3. The van der Waals surface area contributed by atoms with Crippen LogP contribution >= 0.6 is 11.6 Å². The van der Waals surface area contributed by atoms with Gasteiger partial charge in [0.1, 0.15) is 11.3 Å². The van der Waals surface area contributed by atoms with E-state index >= 15 is 0 Å². The Hall–Kier alpha value is -3.52. The summed E-state index contributed by atoms with van der Waals surface area (Å²) in [5.74, 6) is -0.0541. The number of anilines is 1. The van der Waals surface area contributed by atoms with Gasteiger partial charge < -0.3 is 14.6 Å². The lowest BCUT2D eigenvalue weighted by Crippen LogP contribution is -2.51. The average molecular weight is 480 g/mol. The van der Waals surface area contributed by atoms with Crippen molar-refractivity contribution in [1.29, 1.82) is 0 Å². The van der Waals surface area contributed by atoms with Crippen LogP contribution in [0.25, 0.3) is 22.5 Å². The number of nitrogens with one attached hydrogen (secondary N) is 1. The van der Waals surface area contributed by atoms with E-state index in [4.69, 9.17) is 16.0 Å². The van der Waals surface area contributed by atoms with E-state index in [1.807, 2.05) is 4.90 Å². The van der Waals surface area contributed by atoms with Gasteiger partial charge in [-0.05, 0) is 61.2 Å². The van der Waals surface area contributed by atoms with Crippen LogP contribution < -0.4 is 5.32 Å². The molecule has 2 aromatic heterocycles. The highest BCUT2D eigenvalue weighted by Crippen LogP contribution is 2.29. The molecular weight excluding hydrogens is 457 g/mol. The zero-order valence-electron chi connectivity index (χ0n) is 18.5. The second-order valence-electron chi connectivity index (χ2n) is 8.46. The van der Waals surface area contributed by atoms with Crippen LogP contribution in [0.3, 0.4) is 0 Å². The maximum absolute atomic E-state index is 14.1. The Morgan fingerprint density at radius 1 is 1.24 bits per heavy atom. The predicted molar refractivity (Wildman–Crippen MR) is 128 cm³/mol. The maximum Gasteiger partial charge on any atom is 0.295 e. The second kappa shape index (κ2) is 9.38. The van der Waals surface area contributed by atoms with E-state index in [9.17, 15) is 9.18 Å². The highest BCUT2D eigenvalue weighted by Gasteiger charge is 2.33. The smallest absolute Gasteiger partial charge is 0.295 e. The van der Waals surface area contributed by atoms with E-state index in [-0.39, 0.29) is 17.9 Å². The van der Waals surface area contributed by atoms with Crippen LogP contribution in [-0.4, -0.2) is 44.9 Å². The summed E-state index contributed by atoms with van der Waals surface area (Å²) in [5, 5.41) is 3.83. The summed E-state index contributed by atoms with van der Waals surface area (Å²) in [7, 11) is 0. The quantitative estimate of drug-likeness (QED) is 0.411. The van der Waals surface area contributed by atoms with Crippen molar-refractivity contribution in [3.63, 3.8) is 0 Å². The molecule has 2 atom stereocenters. The number of nitrogens with zero attached hydrogens (tertiary/aromatic N) is 4. The van der Waals surface area contributed by atoms with Gasteiger partial charge >= 0.3 is 0 Å². The molecule has 1 N–H and O–H groups in total. The van der Waals surface area contributed by atoms with Crippen molar-refractivity contribution in [3.05, 3.63) is 71.3 Å². The first-order chi connectivity index (χ1) is 16.5. The Kier molecular flexibility index (Phi) is 6.15. The number of benzene rings is 2. The van der Waals surface area contributed by atoms with Crippen LogP contribution in [0.2, 0.25) is 5.02 Å². The molecule has 1 aliphatic heterocycles. The Labute approximate surface area is 201 Å². The molecule has 0 unspecified atom stereocenters. The largest absolute Gasteiger partial charge is 0.424 e. The molecule has 7 nitrogen and oxygen atoms in total. The molecule has 1 aliphatic rings. The summed E-state index contributed by atoms with van der Waals surface area (Å²) in [6, 6.07) is 11.3. The standard InChI is InChI=1S/C25H23ClFN5O2/c1-15-4-2-11-32(21(15)14-30-25-31-20-12-16(26)5-8-22(20)34-25)24(33)18-7-6-17(27)13-19(18)23-28-9-3-10-29-23/h3,5-10,12-13,15,21H,2,4,11,14H2,1H3,(H,30,31)/t15-,21-/m1/s1. The zero-order valence-corrected chi connectivity index (χ0v) is 19.3. The normalized spacial score (nSPS) is 18.3. The van der Waals surface area contributed by atoms with Gasteiger partial charge in [0.2, 0.25) is 0 Å². The summed E-state index contributed by atoms with van der Waals surface area (Å²) in [4.78, 5) is 28.5. The van der Waals surface area contributed by atoms with Crippen molar-refractivity contribution in [2.75, 3.05) is 18.4 Å². The average Bonchev–Trinajstić information content (AvgIpc) is 3.25. The van der Waals surface area contributed by atoms with Crippen LogP contribution in [-0.2, 0) is 0 Å². The van der Waals surface area contributed by atoms with Gasteiger partial charge in [0, 0.05) is 36.1 Å². The van der Waals surface area contributed by atoms with Gasteiger partial charge in [-0.25, -0.2) is 14.4 Å². The Morgan fingerprint density at radius 2 is 2.06 bits per heavy atom. The fourth-order valence-corrected chi connectivity index (χ4v) is 4.63. The lowest BCUT2D eigenvalue weighted by atomic mass is 9.89. The van der Waals surface area contributed by atoms with Crippen LogP contribution in [0, 0.1) is 11.7 Å². The van der Waals surface area contributed by atoms with E-state index < -0.39 is 5.82 Å². The van der Waals surface area contributed by atoms with Gasteiger partial charge in [0.25, 0.3) is 11.9 Å². The van der Waals surface area contributed by atoms with Crippen molar-refractivity contribution in [1.82, 2.24) is 19.9 Å². The number of hydrogen-bond acceptors (Lipinski definition) is 6. The molecule has 0 spiro atoms.